The van der Waals surface area contributed by atoms with E-state index in [1.54, 1.807) is 6.07 Å². The zero-order valence-electron chi connectivity index (χ0n) is 14.3. The first-order valence-electron chi connectivity index (χ1n) is 8.38. The Hall–Kier alpha value is -0.660. The fourth-order valence-electron chi connectivity index (χ4n) is 4.49. The molecule has 0 amide bonds. The van der Waals surface area contributed by atoms with E-state index in [0.717, 1.165) is 30.0 Å². The molecule has 2 bridgehead atoms. The van der Waals surface area contributed by atoms with Crippen LogP contribution in [0.3, 0.4) is 0 Å². The Bertz CT molecular complexity index is 908. The first kappa shape index (κ1) is 16.8. The van der Waals surface area contributed by atoms with Crippen LogP contribution in [-0.2, 0) is 10.0 Å². The van der Waals surface area contributed by atoms with Crippen LogP contribution in [0, 0.1) is 5.41 Å². The zero-order chi connectivity index (χ0) is 17.2. The van der Waals surface area contributed by atoms with Crippen LogP contribution in [0.2, 0.25) is 0 Å². The summed E-state index contributed by atoms with van der Waals surface area (Å²) >= 11 is -0.525. The summed E-state index contributed by atoms with van der Waals surface area (Å²) in [6.07, 6.45) is 3.17. The Morgan fingerprint density at radius 1 is 1.04 bits per heavy atom. The molecule has 0 N–H and O–H groups in total. The first-order valence-corrected chi connectivity index (χ1v) is 11.9. The maximum atomic E-state index is 13.3. The number of halogens is 1. The van der Waals surface area contributed by atoms with Crippen LogP contribution in [0.4, 0.5) is 0 Å². The molecule has 1 aliphatic heterocycles. The molecule has 2 fully saturated rings. The van der Waals surface area contributed by atoms with E-state index in [0.29, 0.717) is 4.90 Å². The number of sulfonamides is 1. The number of alkyl halides is 1. The van der Waals surface area contributed by atoms with E-state index >= 15 is 0 Å². The maximum absolute atomic E-state index is 13.3. The molecule has 2 aliphatic rings. The molecule has 0 spiro atoms. The Kier molecular flexibility index (Phi) is 3.79. The average molecular weight is 456 g/mol. The van der Waals surface area contributed by atoms with Gasteiger partial charge in [0.2, 0.25) is 0 Å². The standard InChI is InChI=1S/C19H23INO2S/c1-18(2)11-16-12-19(3,13-18)20-21(16)24(22,23)17-9-8-14-6-4-5-7-15(14)10-17/h4-10,16H,11-13H2,1-3H3/q-1. The van der Waals surface area contributed by atoms with Gasteiger partial charge in [0.05, 0.1) is 0 Å². The van der Waals surface area contributed by atoms with Crippen molar-refractivity contribution < 1.29 is 29.9 Å². The van der Waals surface area contributed by atoms with Gasteiger partial charge in [-0.1, -0.05) is 0 Å². The van der Waals surface area contributed by atoms with Crippen molar-refractivity contribution in [3.63, 3.8) is 0 Å². The van der Waals surface area contributed by atoms with Crippen LogP contribution < -0.4 is 21.5 Å². The molecule has 5 heteroatoms. The third-order valence-electron chi connectivity index (χ3n) is 5.12. The molecule has 0 aromatic heterocycles. The van der Waals surface area contributed by atoms with Crippen molar-refractivity contribution in [1.29, 1.82) is 0 Å². The topological polar surface area (TPSA) is 37.4 Å². The number of hydrogen-bond donors (Lipinski definition) is 0. The van der Waals surface area contributed by atoms with Gasteiger partial charge in [-0.3, -0.25) is 0 Å². The van der Waals surface area contributed by atoms with Gasteiger partial charge in [0.1, 0.15) is 0 Å². The normalized spacial score (nSPS) is 30.2. The Balaban J connectivity index is 1.75. The van der Waals surface area contributed by atoms with Crippen molar-refractivity contribution in [3.05, 3.63) is 42.5 Å². The van der Waals surface area contributed by atoms with E-state index in [4.69, 9.17) is 0 Å². The van der Waals surface area contributed by atoms with Crippen LogP contribution in [0.1, 0.15) is 40.0 Å². The molecule has 130 valence electrons. The third-order valence-corrected chi connectivity index (χ3v) is 12.0. The zero-order valence-corrected chi connectivity index (χ0v) is 17.3. The molecule has 2 unspecified atom stereocenters. The summed E-state index contributed by atoms with van der Waals surface area (Å²) in [5.41, 5.74) is 0.241. The second-order valence-electron chi connectivity index (χ2n) is 8.16. The molecule has 4 rings (SSSR count). The van der Waals surface area contributed by atoms with Crippen LogP contribution in [0.15, 0.2) is 47.4 Å². The molecule has 1 saturated heterocycles. The van der Waals surface area contributed by atoms with Gasteiger partial charge in [0.15, 0.2) is 0 Å². The summed E-state index contributed by atoms with van der Waals surface area (Å²) in [6.45, 7) is 6.87. The molecule has 0 radical (unpaired) electrons. The molecule has 2 aromatic carbocycles. The van der Waals surface area contributed by atoms with Gasteiger partial charge in [-0.15, -0.1) is 0 Å². The van der Waals surface area contributed by atoms with E-state index in [1.165, 1.54) is 0 Å². The van der Waals surface area contributed by atoms with Gasteiger partial charge >= 0.3 is 155 Å². The van der Waals surface area contributed by atoms with Gasteiger partial charge in [-0.25, -0.2) is 0 Å². The summed E-state index contributed by atoms with van der Waals surface area (Å²) in [5.74, 6) is 0. The van der Waals surface area contributed by atoms with E-state index in [-0.39, 0.29) is 14.9 Å². The minimum absolute atomic E-state index is 0.183. The molecular formula is C19H23INO2S-. The first-order chi connectivity index (χ1) is 11.2. The van der Waals surface area contributed by atoms with Crippen LogP contribution in [0.25, 0.3) is 10.8 Å². The van der Waals surface area contributed by atoms with Crippen molar-refractivity contribution in [2.24, 2.45) is 5.41 Å². The second kappa shape index (κ2) is 5.42. The van der Waals surface area contributed by atoms with Gasteiger partial charge in [0, 0.05) is 0 Å². The quantitative estimate of drug-likeness (QED) is 0.387. The van der Waals surface area contributed by atoms with Gasteiger partial charge in [-0.2, -0.15) is 0 Å². The average Bonchev–Trinajstić information content (AvgIpc) is 2.76. The number of hydrogen-bond acceptors (Lipinski definition) is 2. The van der Waals surface area contributed by atoms with E-state index in [2.05, 4.69) is 20.8 Å². The predicted molar refractivity (Wildman–Crippen MR) is 92.8 cm³/mol. The molecule has 2 atom stereocenters. The number of fused-ring (bicyclic) bond motifs is 3. The number of nitrogens with zero attached hydrogens (tertiary/aromatic N) is 1. The summed E-state index contributed by atoms with van der Waals surface area (Å²) in [4.78, 5) is 0.454. The van der Waals surface area contributed by atoms with E-state index < -0.39 is 31.5 Å². The van der Waals surface area contributed by atoms with Crippen LogP contribution in [-0.4, -0.2) is 20.4 Å². The van der Waals surface area contributed by atoms with Crippen molar-refractivity contribution in [2.45, 2.75) is 54.4 Å². The van der Waals surface area contributed by atoms with Crippen molar-refractivity contribution in [2.75, 3.05) is 0 Å². The number of rotatable bonds is 2. The number of benzene rings is 2. The Morgan fingerprint density at radius 3 is 2.50 bits per heavy atom. The van der Waals surface area contributed by atoms with Crippen LogP contribution in [0.5, 0.6) is 0 Å². The fourth-order valence-corrected chi connectivity index (χ4v) is 12.3. The summed E-state index contributed by atoms with van der Waals surface area (Å²) in [6, 6.07) is 13.7. The Morgan fingerprint density at radius 2 is 1.75 bits per heavy atom. The summed E-state index contributed by atoms with van der Waals surface area (Å²) in [7, 11) is -3.39. The summed E-state index contributed by atoms with van der Waals surface area (Å²) in [5, 5.41) is 2.07. The van der Waals surface area contributed by atoms with E-state index in [1.807, 2.05) is 38.9 Å². The molecule has 1 heterocycles. The Labute approximate surface area is 155 Å². The van der Waals surface area contributed by atoms with Gasteiger partial charge in [-0.05, 0) is 0 Å². The predicted octanol–water partition coefficient (Wildman–Crippen LogP) is 1.19. The summed E-state index contributed by atoms with van der Waals surface area (Å²) < 4.78 is 28.8. The SMILES string of the molecule is CC1(C)CC2CC(C)(C1)[I-]N2S(=O)(=O)c1ccc2ccccc2c1. The van der Waals surface area contributed by atoms with Crippen molar-refractivity contribution in [1.82, 2.24) is 2.52 Å². The molecule has 3 nitrogen and oxygen atoms in total. The van der Waals surface area contributed by atoms with E-state index in [9.17, 15) is 8.42 Å². The van der Waals surface area contributed by atoms with Crippen LogP contribution >= 0.6 is 0 Å². The molecule has 1 saturated carbocycles. The molecule has 24 heavy (non-hydrogen) atoms. The molecular weight excluding hydrogens is 433 g/mol. The van der Waals surface area contributed by atoms with Gasteiger partial charge < -0.3 is 0 Å². The minimum atomic E-state index is -3.39. The second-order valence-corrected chi connectivity index (χ2v) is 14.8. The third kappa shape index (κ3) is 2.78. The van der Waals surface area contributed by atoms with Gasteiger partial charge in [0.25, 0.3) is 0 Å². The molecule has 2 aromatic rings. The fraction of sp³-hybridized carbons (Fsp3) is 0.474. The van der Waals surface area contributed by atoms with Crippen molar-refractivity contribution in [3.8, 4) is 0 Å². The monoisotopic (exact) mass is 456 g/mol. The van der Waals surface area contributed by atoms with Crippen molar-refractivity contribution >= 4 is 20.8 Å². The molecule has 1 aliphatic carbocycles.